The molecule has 8 heteroatoms. The number of halogens is 1. The van der Waals surface area contributed by atoms with Gasteiger partial charge in [-0.25, -0.2) is 13.6 Å². The number of nitrogens with one attached hydrogen (secondary N) is 1. The minimum Gasteiger partial charge on any atom is -0.380 e. The fraction of sp³-hybridized carbons (Fsp3) is 0.364. The molecule has 0 aromatic heterocycles. The Morgan fingerprint density at radius 2 is 2.16 bits per heavy atom. The van der Waals surface area contributed by atoms with Crippen molar-refractivity contribution in [1.82, 2.24) is 5.32 Å². The summed E-state index contributed by atoms with van der Waals surface area (Å²) in [5.41, 5.74) is 0.171. The van der Waals surface area contributed by atoms with Crippen LogP contribution in [0.25, 0.3) is 0 Å². The molecule has 0 aliphatic heterocycles. The van der Waals surface area contributed by atoms with Crippen molar-refractivity contribution in [2.75, 3.05) is 19.8 Å². The quantitative estimate of drug-likeness (QED) is 0.758. The Hall–Kier alpha value is -1.15. The number of nitrogens with two attached hydrogens (primary N) is 1. The van der Waals surface area contributed by atoms with Gasteiger partial charge in [-0.05, 0) is 25.1 Å². The van der Waals surface area contributed by atoms with Gasteiger partial charge in [0.2, 0.25) is 10.0 Å². The third-order valence-electron chi connectivity index (χ3n) is 2.24. The molecule has 0 aliphatic carbocycles. The number of hydrogen-bond acceptors (Lipinski definition) is 4. The molecule has 0 spiro atoms. The van der Waals surface area contributed by atoms with Gasteiger partial charge in [-0.3, -0.25) is 4.79 Å². The fourth-order valence-corrected chi connectivity index (χ4v) is 2.42. The highest BCUT2D eigenvalue weighted by Gasteiger charge is 2.16. The molecule has 0 fully saturated rings. The maximum absolute atomic E-state index is 11.8. The number of benzene rings is 1. The van der Waals surface area contributed by atoms with Crippen LogP contribution in [-0.2, 0) is 14.8 Å². The number of hydrogen-bond donors (Lipinski definition) is 2. The summed E-state index contributed by atoms with van der Waals surface area (Å²) in [4.78, 5) is 11.5. The van der Waals surface area contributed by atoms with E-state index in [1.807, 2.05) is 6.92 Å². The summed E-state index contributed by atoms with van der Waals surface area (Å²) in [5, 5.41) is 7.57. The Morgan fingerprint density at radius 1 is 1.47 bits per heavy atom. The maximum Gasteiger partial charge on any atom is 0.251 e. The first-order chi connectivity index (χ1) is 8.86. The molecule has 0 heterocycles. The molecule has 0 saturated carbocycles. The Labute approximate surface area is 116 Å². The van der Waals surface area contributed by atoms with E-state index in [-0.39, 0.29) is 15.5 Å². The molecule has 0 atom stereocenters. The summed E-state index contributed by atoms with van der Waals surface area (Å²) in [5.74, 6) is -0.415. The molecule has 106 valence electrons. The van der Waals surface area contributed by atoms with Gasteiger partial charge in [-0.15, -0.1) is 0 Å². The molecule has 0 aliphatic rings. The van der Waals surface area contributed by atoms with Gasteiger partial charge in [0.25, 0.3) is 5.91 Å². The smallest absolute Gasteiger partial charge is 0.251 e. The normalized spacial score (nSPS) is 11.3. The van der Waals surface area contributed by atoms with Gasteiger partial charge in [0.05, 0.1) is 11.6 Å². The summed E-state index contributed by atoms with van der Waals surface area (Å²) in [6.45, 7) is 3.13. The van der Waals surface area contributed by atoms with Crippen LogP contribution >= 0.6 is 11.6 Å². The number of rotatable bonds is 6. The highest BCUT2D eigenvalue weighted by Crippen LogP contribution is 2.21. The van der Waals surface area contributed by atoms with Gasteiger partial charge in [0.1, 0.15) is 4.90 Å². The lowest BCUT2D eigenvalue weighted by Crippen LogP contribution is -2.27. The zero-order valence-electron chi connectivity index (χ0n) is 10.3. The molecular formula is C11H15ClN2O4S. The summed E-state index contributed by atoms with van der Waals surface area (Å²) in [6.07, 6.45) is 0. The third kappa shape index (κ3) is 4.79. The van der Waals surface area contributed by atoms with Crippen molar-refractivity contribution in [1.29, 1.82) is 0 Å². The van der Waals surface area contributed by atoms with E-state index in [0.717, 1.165) is 6.07 Å². The highest BCUT2D eigenvalue weighted by molar-refractivity contribution is 7.89. The first-order valence-corrected chi connectivity index (χ1v) is 7.47. The highest BCUT2D eigenvalue weighted by atomic mass is 35.5. The number of carbonyl (C=O) groups excluding carboxylic acids is 1. The summed E-state index contributed by atoms with van der Waals surface area (Å²) < 4.78 is 27.6. The second kappa shape index (κ2) is 6.85. The van der Waals surface area contributed by atoms with Crippen LogP contribution in [0.2, 0.25) is 5.02 Å². The first kappa shape index (κ1) is 15.9. The Balaban J connectivity index is 2.82. The average molecular weight is 307 g/mol. The van der Waals surface area contributed by atoms with Crippen LogP contribution in [0, 0.1) is 0 Å². The minimum absolute atomic E-state index is 0.0200. The van der Waals surface area contributed by atoms with E-state index in [9.17, 15) is 13.2 Å². The Kier molecular flexibility index (Phi) is 5.74. The van der Waals surface area contributed by atoms with Crippen molar-refractivity contribution in [3.8, 4) is 0 Å². The van der Waals surface area contributed by atoms with Gasteiger partial charge in [-0.1, -0.05) is 11.6 Å². The SMILES string of the molecule is CCOCCNC(=O)c1ccc(Cl)c(S(N)(=O)=O)c1. The van der Waals surface area contributed by atoms with Gasteiger partial charge in [0.15, 0.2) is 0 Å². The summed E-state index contributed by atoms with van der Waals surface area (Å²) in [7, 11) is -3.96. The molecule has 6 nitrogen and oxygen atoms in total. The monoisotopic (exact) mass is 306 g/mol. The molecule has 1 rings (SSSR count). The van der Waals surface area contributed by atoms with Gasteiger partial charge >= 0.3 is 0 Å². The van der Waals surface area contributed by atoms with Gasteiger partial charge in [0, 0.05) is 18.7 Å². The number of carbonyl (C=O) groups is 1. The van der Waals surface area contributed by atoms with Crippen LogP contribution in [0.15, 0.2) is 23.1 Å². The number of sulfonamides is 1. The molecule has 19 heavy (non-hydrogen) atoms. The maximum atomic E-state index is 11.8. The van der Waals surface area contributed by atoms with Crippen molar-refractivity contribution in [3.05, 3.63) is 28.8 Å². The van der Waals surface area contributed by atoms with Crippen molar-refractivity contribution >= 4 is 27.5 Å². The van der Waals surface area contributed by atoms with E-state index in [1.165, 1.54) is 12.1 Å². The van der Waals surface area contributed by atoms with Crippen LogP contribution in [0.5, 0.6) is 0 Å². The number of primary sulfonamides is 1. The van der Waals surface area contributed by atoms with E-state index >= 15 is 0 Å². The number of amides is 1. The lowest BCUT2D eigenvalue weighted by atomic mass is 10.2. The van der Waals surface area contributed by atoms with E-state index in [4.69, 9.17) is 21.5 Å². The van der Waals surface area contributed by atoms with Crippen LogP contribution in [0.1, 0.15) is 17.3 Å². The zero-order valence-corrected chi connectivity index (χ0v) is 11.9. The van der Waals surface area contributed by atoms with Crippen molar-refractivity contribution in [3.63, 3.8) is 0 Å². The van der Waals surface area contributed by atoms with E-state index < -0.39 is 15.9 Å². The second-order valence-corrected chi connectivity index (χ2v) is 5.58. The minimum atomic E-state index is -3.96. The predicted octanol–water partition coefficient (Wildman–Crippen LogP) is 0.754. The van der Waals surface area contributed by atoms with Crippen LogP contribution in [0.3, 0.4) is 0 Å². The van der Waals surface area contributed by atoms with Crippen molar-refractivity contribution < 1.29 is 17.9 Å². The molecular weight excluding hydrogens is 292 g/mol. The van der Waals surface area contributed by atoms with Gasteiger partial charge in [-0.2, -0.15) is 0 Å². The zero-order chi connectivity index (χ0) is 14.5. The van der Waals surface area contributed by atoms with E-state index in [1.54, 1.807) is 0 Å². The van der Waals surface area contributed by atoms with Crippen molar-refractivity contribution in [2.45, 2.75) is 11.8 Å². The third-order valence-corrected chi connectivity index (χ3v) is 3.63. The lowest BCUT2D eigenvalue weighted by molar-refractivity contribution is 0.0922. The largest absolute Gasteiger partial charge is 0.380 e. The van der Waals surface area contributed by atoms with Gasteiger partial charge < -0.3 is 10.1 Å². The molecule has 0 unspecified atom stereocenters. The predicted molar refractivity (Wildman–Crippen MR) is 71.7 cm³/mol. The topological polar surface area (TPSA) is 98.5 Å². The van der Waals surface area contributed by atoms with Crippen molar-refractivity contribution in [2.24, 2.45) is 5.14 Å². The summed E-state index contributed by atoms with van der Waals surface area (Å²) in [6, 6.07) is 3.89. The molecule has 1 aromatic carbocycles. The van der Waals surface area contributed by atoms with E-state index in [0.29, 0.717) is 19.8 Å². The Bertz CT molecular complexity index is 560. The molecule has 0 radical (unpaired) electrons. The standard InChI is InChI=1S/C11H15ClN2O4S/c1-2-18-6-5-14-11(15)8-3-4-9(12)10(7-8)19(13,16)17/h3-4,7H,2,5-6H2,1H3,(H,14,15)(H2,13,16,17). The molecule has 1 aromatic rings. The number of ether oxygens (including phenoxy) is 1. The second-order valence-electron chi connectivity index (χ2n) is 3.64. The van der Waals surface area contributed by atoms with Crippen LogP contribution in [-0.4, -0.2) is 34.1 Å². The first-order valence-electron chi connectivity index (χ1n) is 5.54. The van der Waals surface area contributed by atoms with E-state index in [2.05, 4.69) is 5.32 Å². The Morgan fingerprint density at radius 3 is 2.74 bits per heavy atom. The molecule has 1 amide bonds. The fourth-order valence-electron chi connectivity index (χ4n) is 1.35. The summed E-state index contributed by atoms with van der Waals surface area (Å²) >= 11 is 5.72. The van der Waals surface area contributed by atoms with Crippen LogP contribution < -0.4 is 10.5 Å². The lowest BCUT2D eigenvalue weighted by Gasteiger charge is -2.07. The molecule has 3 N–H and O–H groups in total. The molecule has 0 saturated heterocycles. The van der Waals surface area contributed by atoms with Crippen LogP contribution in [0.4, 0.5) is 0 Å². The average Bonchev–Trinajstić information content (AvgIpc) is 2.33. The molecule has 0 bridgehead atoms.